The molecular formula is C10H5FN2O. The summed E-state index contributed by atoms with van der Waals surface area (Å²) in [5.74, 6) is -0.670. The monoisotopic (exact) mass is 188 g/mol. The fourth-order valence-electron chi connectivity index (χ4n) is 1.28. The van der Waals surface area contributed by atoms with Crippen molar-refractivity contribution in [2.24, 2.45) is 0 Å². The van der Waals surface area contributed by atoms with Crippen LogP contribution in [0.2, 0.25) is 0 Å². The summed E-state index contributed by atoms with van der Waals surface area (Å²) >= 11 is 0. The number of nitriles is 1. The number of aromatic amines is 1. The van der Waals surface area contributed by atoms with E-state index in [1.165, 1.54) is 18.3 Å². The Morgan fingerprint density at radius 3 is 2.93 bits per heavy atom. The van der Waals surface area contributed by atoms with Crippen LogP contribution in [0.1, 0.15) is 5.56 Å². The minimum Gasteiger partial charge on any atom is -0.361 e. The van der Waals surface area contributed by atoms with Crippen molar-refractivity contribution < 1.29 is 4.39 Å². The summed E-state index contributed by atoms with van der Waals surface area (Å²) in [6.07, 6.45) is 1.46. The molecular weight excluding hydrogens is 183 g/mol. The number of nitrogens with zero attached hydrogens (tertiary/aromatic N) is 1. The van der Waals surface area contributed by atoms with Crippen LogP contribution in [0.3, 0.4) is 0 Å². The SMILES string of the molecule is N#Cc1cc2[nH]ccc(=O)c2cc1F. The molecule has 0 saturated heterocycles. The highest BCUT2D eigenvalue weighted by Crippen LogP contribution is 2.13. The molecule has 2 rings (SSSR count). The molecule has 1 aromatic carbocycles. The first-order chi connectivity index (χ1) is 6.72. The molecule has 1 aromatic heterocycles. The Hall–Kier alpha value is -2.15. The molecule has 14 heavy (non-hydrogen) atoms. The first-order valence-electron chi connectivity index (χ1n) is 3.93. The Bertz CT molecular complexity index is 595. The first-order valence-corrected chi connectivity index (χ1v) is 3.93. The lowest BCUT2D eigenvalue weighted by atomic mass is 10.1. The van der Waals surface area contributed by atoms with Gasteiger partial charge in [0.1, 0.15) is 11.9 Å². The zero-order chi connectivity index (χ0) is 10.1. The van der Waals surface area contributed by atoms with Crippen molar-refractivity contribution in [3.05, 3.63) is 46.0 Å². The molecule has 3 nitrogen and oxygen atoms in total. The number of H-pyrrole nitrogens is 1. The van der Waals surface area contributed by atoms with Gasteiger partial charge in [0, 0.05) is 17.6 Å². The number of pyridine rings is 1. The van der Waals surface area contributed by atoms with E-state index in [1.807, 2.05) is 0 Å². The van der Waals surface area contributed by atoms with Gasteiger partial charge in [0.15, 0.2) is 5.43 Å². The Kier molecular flexibility index (Phi) is 1.79. The molecule has 68 valence electrons. The summed E-state index contributed by atoms with van der Waals surface area (Å²) < 4.78 is 13.1. The third-order valence-electron chi connectivity index (χ3n) is 1.97. The summed E-state index contributed by atoms with van der Waals surface area (Å²) in [5, 5.41) is 8.82. The van der Waals surface area contributed by atoms with E-state index >= 15 is 0 Å². The topological polar surface area (TPSA) is 56.6 Å². The van der Waals surface area contributed by atoms with Gasteiger partial charge in [0.05, 0.1) is 11.1 Å². The van der Waals surface area contributed by atoms with Gasteiger partial charge in [-0.05, 0) is 12.1 Å². The van der Waals surface area contributed by atoms with Crippen LogP contribution in [0.25, 0.3) is 10.9 Å². The van der Waals surface area contributed by atoms with Gasteiger partial charge in [-0.15, -0.1) is 0 Å². The number of nitrogens with one attached hydrogen (secondary N) is 1. The fourth-order valence-corrected chi connectivity index (χ4v) is 1.28. The zero-order valence-electron chi connectivity index (χ0n) is 7.04. The number of halogens is 1. The molecule has 0 atom stereocenters. The highest BCUT2D eigenvalue weighted by molar-refractivity contribution is 5.79. The number of benzene rings is 1. The highest BCUT2D eigenvalue weighted by atomic mass is 19.1. The van der Waals surface area contributed by atoms with E-state index in [0.717, 1.165) is 6.07 Å². The van der Waals surface area contributed by atoms with Crippen LogP contribution in [0.5, 0.6) is 0 Å². The Morgan fingerprint density at radius 1 is 1.43 bits per heavy atom. The second kappa shape index (κ2) is 2.96. The number of hydrogen-bond acceptors (Lipinski definition) is 2. The maximum absolute atomic E-state index is 13.1. The van der Waals surface area contributed by atoms with Gasteiger partial charge < -0.3 is 4.98 Å². The Morgan fingerprint density at radius 2 is 2.21 bits per heavy atom. The highest BCUT2D eigenvalue weighted by Gasteiger charge is 2.05. The molecule has 4 heteroatoms. The summed E-state index contributed by atoms with van der Waals surface area (Å²) in [4.78, 5) is 14.0. The molecule has 0 unspecified atom stereocenters. The Labute approximate surface area is 78.4 Å². The molecule has 2 aromatic rings. The van der Waals surface area contributed by atoms with E-state index < -0.39 is 5.82 Å². The number of fused-ring (bicyclic) bond motifs is 1. The average Bonchev–Trinajstić information content (AvgIpc) is 2.19. The minimum atomic E-state index is -0.670. The van der Waals surface area contributed by atoms with Crippen LogP contribution in [0.15, 0.2) is 29.2 Å². The van der Waals surface area contributed by atoms with Crippen molar-refractivity contribution in [2.45, 2.75) is 0 Å². The van der Waals surface area contributed by atoms with E-state index in [4.69, 9.17) is 5.26 Å². The summed E-state index contributed by atoms with van der Waals surface area (Å²) in [7, 11) is 0. The van der Waals surface area contributed by atoms with Crippen molar-refractivity contribution in [3.63, 3.8) is 0 Å². The van der Waals surface area contributed by atoms with Crippen LogP contribution in [0, 0.1) is 17.1 Å². The second-order valence-electron chi connectivity index (χ2n) is 2.83. The third-order valence-corrected chi connectivity index (χ3v) is 1.97. The lowest BCUT2D eigenvalue weighted by Gasteiger charge is -1.98. The summed E-state index contributed by atoms with van der Waals surface area (Å²) in [6, 6.07) is 5.42. The van der Waals surface area contributed by atoms with Crippen molar-refractivity contribution in [2.75, 3.05) is 0 Å². The molecule has 0 radical (unpaired) electrons. The van der Waals surface area contributed by atoms with Gasteiger partial charge in [-0.1, -0.05) is 0 Å². The van der Waals surface area contributed by atoms with Crippen LogP contribution in [-0.2, 0) is 0 Å². The summed E-state index contributed by atoms with van der Waals surface area (Å²) in [6.45, 7) is 0. The van der Waals surface area contributed by atoms with Gasteiger partial charge in [-0.2, -0.15) is 5.26 Å². The first kappa shape index (κ1) is 8.45. The summed E-state index contributed by atoms with van der Waals surface area (Å²) in [5.41, 5.74) is 0.136. The lowest BCUT2D eigenvalue weighted by molar-refractivity contribution is 0.625. The van der Waals surface area contributed by atoms with E-state index in [-0.39, 0.29) is 16.4 Å². The van der Waals surface area contributed by atoms with Gasteiger partial charge in [0.25, 0.3) is 0 Å². The molecule has 0 amide bonds. The van der Waals surface area contributed by atoms with E-state index in [1.54, 1.807) is 6.07 Å². The number of hydrogen-bond donors (Lipinski definition) is 1. The quantitative estimate of drug-likeness (QED) is 0.681. The predicted octanol–water partition coefficient (Wildman–Crippen LogP) is 1.54. The maximum Gasteiger partial charge on any atom is 0.189 e. The standard InChI is InChI=1S/C10H5FN2O/c11-8-4-7-9(3-6(8)5-12)13-2-1-10(7)14/h1-4H,(H,13,14). The van der Waals surface area contributed by atoms with Crippen molar-refractivity contribution >= 4 is 10.9 Å². The number of rotatable bonds is 0. The van der Waals surface area contributed by atoms with Crippen molar-refractivity contribution in [1.82, 2.24) is 4.98 Å². The molecule has 0 aliphatic heterocycles. The van der Waals surface area contributed by atoms with Gasteiger partial charge in [0.2, 0.25) is 0 Å². The largest absolute Gasteiger partial charge is 0.361 e. The molecule has 0 saturated carbocycles. The van der Waals surface area contributed by atoms with Crippen LogP contribution in [-0.4, -0.2) is 4.98 Å². The van der Waals surface area contributed by atoms with Crippen LogP contribution in [0.4, 0.5) is 4.39 Å². The smallest absolute Gasteiger partial charge is 0.189 e. The van der Waals surface area contributed by atoms with Crippen molar-refractivity contribution in [1.29, 1.82) is 5.26 Å². The average molecular weight is 188 g/mol. The van der Waals surface area contributed by atoms with Crippen LogP contribution >= 0.6 is 0 Å². The Balaban J connectivity index is 2.95. The molecule has 0 aliphatic rings. The number of aromatic nitrogens is 1. The van der Waals surface area contributed by atoms with Gasteiger partial charge in [-0.3, -0.25) is 4.79 Å². The third kappa shape index (κ3) is 1.15. The van der Waals surface area contributed by atoms with Crippen LogP contribution < -0.4 is 5.43 Å². The van der Waals surface area contributed by atoms with E-state index in [2.05, 4.69) is 4.98 Å². The van der Waals surface area contributed by atoms with Gasteiger partial charge >= 0.3 is 0 Å². The van der Waals surface area contributed by atoms with Gasteiger partial charge in [-0.25, -0.2) is 4.39 Å². The van der Waals surface area contributed by atoms with E-state index in [0.29, 0.717) is 5.52 Å². The molecule has 0 spiro atoms. The van der Waals surface area contributed by atoms with E-state index in [9.17, 15) is 9.18 Å². The second-order valence-corrected chi connectivity index (χ2v) is 2.83. The molecule has 1 N–H and O–H groups in total. The molecule has 0 bridgehead atoms. The fraction of sp³-hybridized carbons (Fsp3) is 0. The zero-order valence-corrected chi connectivity index (χ0v) is 7.04. The molecule has 0 aliphatic carbocycles. The lowest BCUT2D eigenvalue weighted by Crippen LogP contribution is -2.01. The molecule has 0 fully saturated rings. The normalized spacial score (nSPS) is 10.0. The predicted molar refractivity (Wildman–Crippen MR) is 49.2 cm³/mol. The maximum atomic E-state index is 13.1. The molecule has 1 heterocycles. The minimum absolute atomic E-state index is 0.0700. The van der Waals surface area contributed by atoms with Crippen molar-refractivity contribution in [3.8, 4) is 6.07 Å².